The molecule has 2 rings (SSSR count). The van der Waals surface area contributed by atoms with E-state index in [2.05, 4.69) is 30.7 Å². The van der Waals surface area contributed by atoms with Crippen LogP contribution in [-0.2, 0) is 6.54 Å². The molecular weight excluding hydrogens is 226 g/mol. The van der Waals surface area contributed by atoms with Gasteiger partial charge < -0.3 is 9.67 Å². The highest BCUT2D eigenvalue weighted by Crippen LogP contribution is 2.32. The van der Waals surface area contributed by atoms with Crippen LogP contribution < -0.4 is 0 Å². The van der Waals surface area contributed by atoms with Gasteiger partial charge in [0.15, 0.2) is 0 Å². The Hall–Kier alpha value is -0.870. The quantitative estimate of drug-likeness (QED) is 0.892. The summed E-state index contributed by atoms with van der Waals surface area (Å²) in [5, 5.41) is 10.6. The van der Waals surface area contributed by atoms with Crippen LogP contribution in [0.1, 0.15) is 51.8 Å². The fraction of sp³-hybridized carbons (Fsp3) is 0.786. The monoisotopic (exact) mass is 251 g/mol. The third-order valence-corrected chi connectivity index (χ3v) is 4.14. The molecule has 1 aromatic heterocycles. The Morgan fingerprint density at radius 3 is 2.56 bits per heavy atom. The van der Waals surface area contributed by atoms with Gasteiger partial charge in [-0.15, -0.1) is 0 Å². The fourth-order valence-electron chi connectivity index (χ4n) is 2.70. The summed E-state index contributed by atoms with van der Waals surface area (Å²) in [6.07, 6.45) is 7.01. The summed E-state index contributed by atoms with van der Waals surface area (Å²) in [5.41, 5.74) is 0.542. The number of aromatic nitrogens is 2. The molecule has 0 bridgehead atoms. The van der Waals surface area contributed by atoms with Crippen LogP contribution in [0.5, 0.6) is 0 Å². The van der Waals surface area contributed by atoms with E-state index >= 15 is 0 Å². The maximum Gasteiger partial charge on any atom is 0.115 e. The summed E-state index contributed by atoms with van der Waals surface area (Å²) >= 11 is 0. The smallest absolute Gasteiger partial charge is 0.115 e. The highest BCUT2D eigenvalue weighted by molar-refractivity contribution is 5.08. The van der Waals surface area contributed by atoms with Crippen molar-refractivity contribution in [2.45, 2.75) is 58.2 Å². The van der Waals surface area contributed by atoms with E-state index in [0.29, 0.717) is 0 Å². The predicted molar refractivity (Wildman–Crippen MR) is 72.4 cm³/mol. The molecule has 0 spiro atoms. The van der Waals surface area contributed by atoms with Crippen LogP contribution in [0, 0.1) is 0 Å². The van der Waals surface area contributed by atoms with Crippen LogP contribution in [0.15, 0.2) is 12.5 Å². The Bertz CT molecular complexity index is 380. The van der Waals surface area contributed by atoms with Crippen LogP contribution in [0.2, 0.25) is 0 Å². The van der Waals surface area contributed by atoms with Crippen molar-refractivity contribution in [3.05, 3.63) is 18.2 Å². The fourth-order valence-corrected chi connectivity index (χ4v) is 2.70. The zero-order valence-corrected chi connectivity index (χ0v) is 11.8. The molecule has 1 saturated heterocycles. The number of aryl methyl sites for hydroxylation is 1. The number of piperidine rings is 1. The molecule has 18 heavy (non-hydrogen) atoms. The number of rotatable bonds is 4. The molecule has 1 aromatic rings. The first-order chi connectivity index (χ1) is 8.55. The number of hydrogen-bond donors (Lipinski definition) is 1. The summed E-state index contributed by atoms with van der Waals surface area (Å²) in [5.74, 6) is 0. The lowest BCUT2D eigenvalue weighted by molar-refractivity contribution is -0.0228. The molecule has 0 aromatic carbocycles. The van der Waals surface area contributed by atoms with Gasteiger partial charge in [0.2, 0.25) is 0 Å². The van der Waals surface area contributed by atoms with Gasteiger partial charge >= 0.3 is 0 Å². The number of hydrogen-bond acceptors (Lipinski definition) is 3. The van der Waals surface area contributed by atoms with Gasteiger partial charge in [0.25, 0.3) is 0 Å². The zero-order valence-electron chi connectivity index (χ0n) is 11.8. The Morgan fingerprint density at radius 2 is 2.00 bits per heavy atom. The van der Waals surface area contributed by atoms with Gasteiger partial charge in [-0.2, -0.15) is 0 Å². The molecule has 1 atom stereocenters. The topological polar surface area (TPSA) is 41.3 Å². The number of aliphatic hydroxyl groups excluding tert-OH is 1. The third kappa shape index (κ3) is 2.59. The molecule has 0 saturated carbocycles. The van der Waals surface area contributed by atoms with Gasteiger partial charge in [-0.05, 0) is 46.7 Å². The summed E-state index contributed by atoms with van der Waals surface area (Å²) in [6.45, 7) is 9.37. The van der Waals surface area contributed by atoms with E-state index in [4.69, 9.17) is 0 Å². The van der Waals surface area contributed by atoms with Crippen LogP contribution in [-0.4, -0.2) is 38.2 Å². The molecule has 4 nitrogen and oxygen atoms in total. The van der Waals surface area contributed by atoms with E-state index in [1.54, 1.807) is 6.33 Å². The molecule has 1 fully saturated rings. The van der Waals surface area contributed by atoms with Gasteiger partial charge in [-0.1, -0.05) is 6.42 Å². The van der Waals surface area contributed by atoms with E-state index in [1.165, 1.54) is 19.3 Å². The van der Waals surface area contributed by atoms with Crippen LogP contribution in [0.4, 0.5) is 0 Å². The van der Waals surface area contributed by atoms with E-state index in [0.717, 1.165) is 25.3 Å². The average Bonchev–Trinajstić information content (AvgIpc) is 2.87. The van der Waals surface area contributed by atoms with Gasteiger partial charge in [0.05, 0.1) is 12.0 Å². The predicted octanol–water partition coefficient (Wildman–Crippen LogP) is 2.20. The normalized spacial score (nSPS) is 20.0. The van der Waals surface area contributed by atoms with E-state index < -0.39 is 6.10 Å². The van der Waals surface area contributed by atoms with Gasteiger partial charge in [-0.25, -0.2) is 4.98 Å². The van der Waals surface area contributed by atoms with Gasteiger partial charge in [0.1, 0.15) is 6.10 Å². The highest BCUT2D eigenvalue weighted by Gasteiger charge is 2.36. The minimum absolute atomic E-state index is 0.243. The first-order valence-corrected chi connectivity index (χ1v) is 7.00. The van der Waals surface area contributed by atoms with Crippen molar-refractivity contribution in [1.29, 1.82) is 0 Å². The van der Waals surface area contributed by atoms with Crippen LogP contribution in [0.3, 0.4) is 0 Å². The van der Waals surface area contributed by atoms with Crippen molar-refractivity contribution in [2.75, 3.05) is 13.1 Å². The Kier molecular flexibility index (Phi) is 4.07. The van der Waals surface area contributed by atoms with E-state index in [9.17, 15) is 5.11 Å². The minimum atomic E-state index is -0.525. The van der Waals surface area contributed by atoms with Crippen molar-refractivity contribution in [2.24, 2.45) is 0 Å². The van der Waals surface area contributed by atoms with Crippen molar-refractivity contribution < 1.29 is 5.11 Å². The minimum Gasteiger partial charge on any atom is -0.385 e. The molecule has 0 radical (unpaired) electrons. The summed E-state index contributed by atoms with van der Waals surface area (Å²) < 4.78 is 2.00. The molecule has 0 aliphatic carbocycles. The molecule has 2 heterocycles. The van der Waals surface area contributed by atoms with Crippen molar-refractivity contribution >= 4 is 0 Å². The van der Waals surface area contributed by atoms with Crippen molar-refractivity contribution in [1.82, 2.24) is 14.5 Å². The number of imidazole rings is 1. The second kappa shape index (κ2) is 5.41. The lowest BCUT2D eigenvalue weighted by atomic mass is 9.90. The average molecular weight is 251 g/mol. The highest BCUT2D eigenvalue weighted by atomic mass is 16.3. The molecule has 4 heteroatoms. The molecule has 1 N–H and O–H groups in total. The largest absolute Gasteiger partial charge is 0.385 e. The number of aliphatic hydroxyl groups is 1. The Morgan fingerprint density at radius 1 is 1.33 bits per heavy atom. The standard InChI is InChI=1S/C14H25N3O/c1-4-16-10-12(15-11-16)13(18)14(2,3)17-8-6-5-7-9-17/h10-11,13,18H,4-9H2,1-3H3. The molecular formula is C14H25N3O. The lowest BCUT2D eigenvalue weighted by Gasteiger charge is -2.43. The second-order valence-electron chi connectivity index (χ2n) is 5.73. The molecule has 1 unspecified atom stereocenters. The third-order valence-electron chi connectivity index (χ3n) is 4.14. The SMILES string of the molecule is CCn1cnc(C(O)C(C)(C)N2CCCCC2)c1. The van der Waals surface area contributed by atoms with Gasteiger partial charge in [0, 0.05) is 18.3 Å². The molecule has 1 aliphatic rings. The van der Waals surface area contributed by atoms with Crippen LogP contribution >= 0.6 is 0 Å². The molecule has 1 aliphatic heterocycles. The Balaban J connectivity index is 2.12. The first-order valence-electron chi connectivity index (χ1n) is 7.00. The maximum atomic E-state index is 10.6. The molecule has 0 amide bonds. The van der Waals surface area contributed by atoms with E-state index in [-0.39, 0.29) is 5.54 Å². The first kappa shape index (κ1) is 13.6. The maximum absolute atomic E-state index is 10.6. The second-order valence-corrected chi connectivity index (χ2v) is 5.73. The van der Waals surface area contributed by atoms with Gasteiger partial charge in [-0.3, -0.25) is 4.90 Å². The van der Waals surface area contributed by atoms with Crippen molar-refractivity contribution in [3.63, 3.8) is 0 Å². The number of likely N-dealkylation sites (tertiary alicyclic amines) is 1. The zero-order chi connectivity index (χ0) is 13.2. The molecule has 102 valence electrons. The van der Waals surface area contributed by atoms with E-state index in [1.807, 2.05) is 10.8 Å². The summed E-state index contributed by atoms with van der Waals surface area (Å²) in [4.78, 5) is 6.73. The summed E-state index contributed by atoms with van der Waals surface area (Å²) in [7, 11) is 0. The lowest BCUT2D eigenvalue weighted by Crippen LogP contribution is -2.50. The van der Waals surface area contributed by atoms with Crippen molar-refractivity contribution in [3.8, 4) is 0 Å². The van der Waals surface area contributed by atoms with Crippen LogP contribution in [0.25, 0.3) is 0 Å². The Labute approximate surface area is 110 Å². The summed E-state index contributed by atoms with van der Waals surface area (Å²) in [6, 6.07) is 0. The number of nitrogens with zero attached hydrogens (tertiary/aromatic N) is 3.